The van der Waals surface area contributed by atoms with Crippen LogP contribution >= 0.6 is 0 Å². The molecule has 4 rings (SSSR count). The molecule has 0 amide bonds. The summed E-state index contributed by atoms with van der Waals surface area (Å²) < 4.78 is 5.45. The zero-order valence-corrected chi connectivity index (χ0v) is 15.7. The van der Waals surface area contributed by atoms with Gasteiger partial charge in [0.1, 0.15) is 5.58 Å². The second kappa shape index (κ2) is 7.48. The lowest BCUT2D eigenvalue weighted by atomic mass is 9.89. The van der Waals surface area contributed by atoms with Crippen molar-refractivity contribution in [1.29, 1.82) is 0 Å². The minimum absolute atomic E-state index is 0.734. The van der Waals surface area contributed by atoms with E-state index in [0.29, 0.717) is 0 Å². The summed E-state index contributed by atoms with van der Waals surface area (Å²) in [4.78, 5) is 7.78. The lowest BCUT2D eigenvalue weighted by molar-refractivity contribution is 0.0598. The predicted molar refractivity (Wildman–Crippen MR) is 103 cm³/mol. The van der Waals surface area contributed by atoms with E-state index < -0.39 is 0 Å². The molecule has 2 aromatic rings. The minimum atomic E-state index is 0.734. The molecule has 25 heavy (non-hydrogen) atoms. The molecule has 1 unspecified atom stereocenters. The fourth-order valence-electron chi connectivity index (χ4n) is 4.49. The third kappa shape index (κ3) is 3.91. The van der Waals surface area contributed by atoms with Gasteiger partial charge in [-0.05, 0) is 69.6 Å². The van der Waals surface area contributed by atoms with E-state index in [1.165, 1.54) is 63.1 Å². The number of fused-ring (bicyclic) bond motifs is 1. The van der Waals surface area contributed by atoms with E-state index in [1.54, 1.807) is 6.26 Å². The molecule has 2 fully saturated rings. The second-order valence-corrected chi connectivity index (χ2v) is 7.99. The van der Waals surface area contributed by atoms with E-state index in [-0.39, 0.29) is 0 Å². The highest BCUT2D eigenvalue weighted by atomic mass is 16.3. The molecular weight excluding hydrogens is 310 g/mol. The summed E-state index contributed by atoms with van der Waals surface area (Å²) in [5.41, 5.74) is 2.39. The number of rotatable bonds is 4. The molecule has 1 atom stereocenters. The molecule has 0 aliphatic carbocycles. The van der Waals surface area contributed by atoms with Crippen molar-refractivity contribution in [3.05, 3.63) is 36.1 Å². The Balaban J connectivity index is 1.29. The third-order valence-corrected chi connectivity index (χ3v) is 6.35. The lowest BCUT2D eigenvalue weighted by Gasteiger charge is -2.42. The van der Waals surface area contributed by atoms with Crippen LogP contribution in [0.2, 0.25) is 0 Å². The number of nitrogens with zero attached hydrogens (tertiary/aromatic N) is 3. The molecule has 1 aromatic heterocycles. The van der Waals surface area contributed by atoms with Gasteiger partial charge in [-0.1, -0.05) is 6.07 Å². The molecule has 4 nitrogen and oxygen atoms in total. The topological polar surface area (TPSA) is 22.9 Å². The fourth-order valence-corrected chi connectivity index (χ4v) is 4.49. The van der Waals surface area contributed by atoms with Gasteiger partial charge in [0.25, 0.3) is 0 Å². The Bertz CT molecular complexity index is 681. The van der Waals surface area contributed by atoms with Gasteiger partial charge < -0.3 is 9.32 Å². The van der Waals surface area contributed by atoms with Crippen LogP contribution < -0.4 is 0 Å². The van der Waals surface area contributed by atoms with Crippen LogP contribution in [-0.4, -0.2) is 67.1 Å². The van der Waals surface area contributed by atoms with Crippen molar-refractivity contribution >= 4 is 11.0 Å². The first-order valence-corrected chi connectivity index (χ1v) is 9.80. The Morgan fingerprint density at radius 3 is 2.56 bits per heavy atom. The van der Waals surface area contributed by atoms with E-state index in [0.717, 1.165) is 24.1 Å². The molecule has 0 saturated carbocycles. The van der Waals surface area contributed by atoms with E-state index >= 15 is 0 Å². The first kappa shape index (κ1) is 17.1. The molecule has 2 saturated heterocycles. The number of piperazine rings is 1. The smallest absolute Gasteiger partial charge is 0.133 e. The van der Waals surface area contributed by atoms with Gasteiger partial charge in [-0.15, -0.1) is 0 Å². The van der Waals surface area contributed by atoms with Gasteiger partial charge in [-0.3, -0.25) is 9.80 Å². The first-order valence-electron chi connectivity index (χ1n) is 9.80. The highest BCUT2D eigenvalue weighted by Crippen LogP contribution is 2.26. The average molecular weight is 341 g/mol. The van der Waals surface area contributed by atoms with Gasteiger partial charge in [-0.2, -0.15) is 0 Å². The normalized spacial score (nSPS) is 23.3. The number of benzene rings is 1. The SMILES string of the molecule is CC(C1CCN(Cc2ccc3occc3c2)CC1)N1CCN(C)CC1. The highest BCUT2D eigenvalue weighted by molar-refractivity contribution is 5.77. The van der Waals surface area contributed by atoms with Crippen molar-refractivity contribution in [3.8, 4) is 0 Å². The maximum absolute atomic E-state index is 5.45. The van der Waals surface area contributed by atoms with Gasteiger partial charge in [0.05, 0.1) is 6.26 Å². The molecular formula is C21H31N3O. The van der Waals surface area contributed by atoms with Crippen LogP contribution in [0, 0.1) is 5.92 Å². The number of likely N-dealkylation sites (tertiary alicyclic amines) is 1. The molecule has 2 aliphatic heterocycles. The third-order valence-electron chi connectivity index (χ3n) is 6.35. The zero-order chi connectivity index (χ0) is 17.2. The van der Waals surface area contributed by atoms with Crippen LogP contribution in [0.25, 0.3) is 11.0 Å². The number of furan rings is 1. The van der Waals surface area contributed by atoms with Gasteiger partial charge in [0.2, 0.25) is 0 Å². The Hall–Kier alpha value is -1.36. The van der Waals surface area contributed by atoms with E-state index in [9.17, 15) is 0 Å². The molecule has 3 heterocycles. The molecule has 2 aliphatic rings. The lowest BCUT2D eigenvalue weighted by Crippen LogP contribution is -2.51. The molecule has 136 valence electrons. The van der Waals surface area contributed by atoms with Gasteiger partial charge in [0.15, 0.2) is 0 Å². The summed E-state index contributed by atoms with van der Waals surface area (Å²) in [7, 11) is 2.24. The monoisotopic (exact) mass is 341 g/mol. The minimum Gasteiger partial charge on any atom is -0.464 e. The van der Waals surface area contributed by atoms with Crippen molar-refractivity contribution in [2.45, 2.75) is 32.4 Å². The van der Waals surface area contributed by atoms with Crippen LogP contribution in [0.3, 0.4) is 0 Å². The summed E-state index contributed by atoms with van der Waals surface area (Å²) in [5, 5.41) is 1.22. The molecule has 0 bridgehead atoms. The summed E-state index contributed by atoms with van der Waals surface area (Å²) >= 11 is 0. The fraction of sp³-hybridized carbons (Fsp3) is 0.619. The molecule has 0 spiro atoms. The summed E-state index contributed by atoms with van der Waals surface area (Å²) in [6, 6.07) is 9.39. The van der Waals surface area contributed by atoms with Crippen LogP contribution in [0.5, 0.6) is 0 Å². The Morgan fingerprint density at radius 2 is 1.80 bits per heavy atom. The Labute approximate surface area is 151 Å². The van der Waals surface area contributed by atoms with Gasteiger partial charge in [0, 0.05) is 44.2 Å². The zero-order valence-electron chi connectivity index (χ0n) is 15.7. The van der Waals surface area contributed by atoms with Crippen molar-refractivity contribution in [2.24, 2.45) is 5.92 Å². The standard InChI is InChI=1S/C21H31N3O/c1-17(24-12-10-22(2)11-13-24)19-5-8-23(9-6-19)16-18-3-4-21-20(15-18)7-14-25-21/h3-4,7,14-15,17,19H,5-6,8-13,16H2,1-2H3. The van der Waals surface area contributed by atoms with E-state index in [2.05, 4.69) is 52.9 Å². The number of likely N-dealkylation sites (N-methyl/N-ethyl adjacent to an activating group) is 1. The van der Waals surface area contributed by atoms with Crippen LogP contribution in [0.4, 0.5) is 0 Å². The summed E-state index contributed by atoms with van der Waals surface area (Å²) in [5.74, 6) is 0.857. The van der Waals surface area contributed by atoms with E-state index in [1.807, 2.05) is 0 Å². The highest BCUT2D eigenvalue weighted by Gasteiger charge is 2.29. The van der Waals surface area contributed by atoms with Crippen LogP contribution in [0.1, 0.15) is 25.3 Å². The second-order valence-electron chi connectivity index (χ2n) is 7.99. The maximum atomic E-state index is 5.45. The summed E-state index contributed by atoms with van der Waals surface area (Å²) in [6.45, 7) is 10.9. The Kier molecular flexibility index (Phi) is 5.11. The van der Waals surface area contributed by atoms with Crippen LogP contribution in [-0.2, 0) is 6.54 Å². The van der Waals surface area contributed by atoms with Crippen molar-refractivity contribution < 1.29 is 4.42 Å². The molecule has 0 N–H and O–H groups in total. The maximum Gasteiger partial charge on any atom is 0.133 e. The number of piperidine rings is 1. The molecule has 4 heteroatoms. The van der Waals surface area contributed by atoms with Gasteiger partial charge >= 0.3 is 0 Å². The number of hydrogen-bond acceptors (Lipinski definition) is 4. The Morgan fingerprint density at radius 1 is 1.04 bits per heavy atom. The van der Waals surface area contributed by atoms with Crippen molar-refractivity contribution in [1.82, 2.24) is 14.7 Å². The van der Waals surface area contributed by atoms with Crippen molar-refractivity contribution in [3.63, 3.8) is 0 Å². The number of hydrogen-bond donors (Lipinski definition) is 0. The van der Waals surface area contributed by atoms with Crippen molar-refractivity contribution in [2.75, 3.05) is 46.3 Å². The van der Waals surface area contributed by atoms with Crippen LogP contribution in [0.15, 0.2) is 34.9 Å². The molecule has 0 radical (unpaired) electrons. The van der Waals surface area contributed by atoms with Gasteiger partial charge in [-0.25, -0.2) is 0 Å². The predicted octanol–water partition coefficient (Wildman–Crippen LogP) is 3.28. The summed E-state index contributed by atoms with van der Waals surface area (Å²) in [6.07, 6.45) is 4.45. The largest absolute Gasteiger partial charge is 0.464 e. The molecule has 1 aromatic carbocycles. The first-order chi connectivity index (χ1) is 12.2. The average Bonchev–Trinajstić information content (AvgIpc) is 3.10. The quantitative estimate of drug-likeness (QED) is 0.851. The van der Waals surface area contributed by atoms with E-state index in [4.69, 9.17) is 4.42 Å².